The first-order chi connectivity index (χ1) is 17.4. The van der Waals surface area contributed by atoms with Crippen molar-refractivity contribution < 1.29 is 28.6 Å². The Morgan fingerprint density at radius 2 is 0.861 bits per heavy atom. The van der Waals surface area contributed by atoms with E-state index >= 15 is 0 Å². The molecule has 0 aliphatic heterocycles. The second-order valence-electron chi connectivity index (χ2n) is 7.88. The van der Waals surface area contributed by atoms with Crippen LogP contribution in [-0.4, -0.2) is 39.1 Å². The maximum absolute atomic E-state index is 13.1. The summed E-state index contributed by atoms with van der Waals surface area (Å²) in [7, 11) is 4.65. The van der Waals surface area contributed by atoms with E-state index in [-0.39, 0.29) is 12.8 Å². The molecule has 3 aromatic carbocycles. The van der Waals surface area contributed by atoms with E-state index in [2.05, 4.69) is 16.0 Å². The molecule has 9 heteroatoms. The topological polar surface area (TPSA) is 115 Å². The van der Waals surface area contributed by atoms with Crippen LogP contribution in [-0.2, 0) is 14.4 Å². The number of carbonyl (C=O) groups excluding carboxylic acids is 3. The van der Waals surface area contributed by atoms with Crippen molar-refractivity contribution in [1.82, 2.24) is 0 Å². The molecule has 3 rings (SSSR count). The van der Waals surface area contributed by atoms with Crippen LogP contribution >= 0.6 is 0 Å². The van der Waals surface area contributed by atoms with E-state index in [9.17, 15) is 14.4 Å². The van der Waals surface area contributed by atoms with Gasteiger partial charge in [-0.05, 0) is 72.8 Å². The van der Waals surface area contributed by atoms with Crippen molar-refractivity contribution in [2.75, 3.05) is 37.3 Å². The second kappa shape index (κ2) is 12.8. The van der Waals surface area contributed by atoms with Gasteiger partial charge in [0.1, 0.15) is 17.2 Å². The molecular weight excluding hydrogens is 462 g/mol. The number of hydrogen-bond donors (Lipinski definition) is 3. The predicted octanol–water partition coefficient (Wildman–Crippen LogP) is 4.32. The third-order valence-corrected chi connectivity index (χ3v) is 5.34. The Bertz CT molecular complexity index is 1100. The van der Waals surface area contributed by atoms with Crippen LogP contribution in [0.15, 0.2) is 72.8 Å². The average molecular weight is 492 g/mol. The van der Waals surface area contributed by atoms with Crippen molar-refractivity contribution >= 4 is 34.8 Å². The van der Waals surface area contributed by atoms with E-state index in [0.717, 1.165) is 0 Å². The monoisotopic (exact) mass is 491 g/mol. The van der Waals surface area contributed by atoms with Gasteiger partial charge in [0.25, 0.3) is 0 Å². The second-order valence-corrected chi connectivity index (χ2v) is 7.88. The molecule has 0 aliphatic rings. The Morgan fingerprint density at radius 3 is 1.17 bits per heavy atom. The number of amides is 3. The molecular formula is C27H29N3O6. The standard InChI is InChI=1S/C27H29N3O6/c1-34-22-10-4-19(5-11-22)28-25(31)16-18(27(33)30-21-8-14-24(36-3)15-9-21)17-26(32)29-20-6-12-23(35-2)13-7-20/h4-15,18H,16-17H2,1-3H3,(H,28,31)(H,29,32)(H,30,33). The van der Waals surface area contributed by atoms with E-state index in [0.29, 0.717) is 34.3 Å². The highest BCUT2D eigenvalue weighted by Gasteiger charge is 2.25. The third kappa shape index (κ3) is 7.76. The number of hydrogen-bond acceptors (Lipinski definition) is 6. The minimum absolute atomic E-state index is 0.190. The highest BCUT2D eigenvalue weighted by atomic mass is 16.5. The van der Waals surface area contributed by atoms with Crippen LogP contribution in [0.1, 0.15) is 12.8 Å². The molecule has 3 N–H and O–H groups in total. The molecule has 188 valence electrons. The van der Waals surface area contributed by atoms with Crippen molar-refractivity contribution in [3.63, 3.8) is 0 Å². The predicted molar refractivity (Wildman–Crippen MR) is 138 cm³/mol. The molecule has 0 atom stereocenters. The molecule has 36 heavy (non-hydrogen) atoms. The molecule has 9 nitrogen and oxygen atoms in total. The fraction of sp³-hybridized carbons (Fsp3) is 0.222. The van der Waals surface area contributed by atoms with E-state index in [1.807, 2.05) is 0 Å². The lowest BCUT2D eigenvalue weighted by Crippen LogP contribution is -2.31. The summed E-state index contributed by atoms with van der Waals surface area (Å²) in [6.07, 6.45) is -0.381. The first kappa shape index (κ1) is 26.1. The van der Waals surface area contributed by atoms with Gasteiger partial charge in [-0.3, -0.25) is 14.4 Å². The van der Waals surface area contributed by atoms with Crippen LogP contribution in [0.25, 0.3) is 0 Å². The SMILES string of the molecule is COc1ccc(NC(=O)CC(CC(=O)Nc2ccc(OC)cc2)C(=O)Nc2ccc(OC)cc2)cc1. The van der Waals surface area contributed by atoms with Gasteiger partial charge >= 0.3 is 0 Å². The number of benzene rings is 3. The van der Waals surface area contributed by atoms with Gasteiger partial charge in [-0.15, -0.1) is 0 Å². The zero-order valence-corrected chi connectivity index (χ0v) is 20.4. The molecule has 0 saturated heterocycles. The summed E-state index contributed by atoms with van der Waals surface area (Å²) in [5.74, 6) is -0.208. The third-order valence-electron chi connectivity index (χ3n) is 5.34. The van der Waals surface area contributed by atoms with E-state index in [1.165, 1.54) is 0 Å². The number of methoxy groups -OCH3 is 3. The number of carbonyl (C=O) groups is 3. The van der Waals surface area contributed by atoms with Crippen molar-refractivity contribution in [3.05, 3.63) is 72.8 Å². The molecule has 0 aromatic heterocycles. The summed E-state index contributed by atoms with van der Waals surface area (Å²) in [5, 5.41) is 8.29. The lowest BCUT2D eigenvalue weighted by molar-refractivity contribution is -0.127. The van der Waals surface area contributed by atoms with Crippen molar-refractivity contribution in [1.29, 1.82) is 0 Å². The van der Waals surface area contributed by atoms with Crippen LogP contribution < -0.4 is 30.2 Å². The molecule has 0 aliphatic carbocycles. The van der Waals surface area contributed by atoms with Gasteiger partial charge < -0.3 is 30.2 Å². The smallest absolute Gasteiger partial charge is 0.228 e. The summed E-state index contributed by atoms with van der Waals surface area (Å²) < 4.78 is 15.4. The molecule has 0 fully saturated rings. The normalized spacial score (nSPS) is 10.3. The molecule has 3 aromatic rings. The van der Waals surface area contributed by atoms with Gasteiger partial charge in [-0.2, -0.15) is 0 Å². The van der Waals surface area contributed by atoms with Crippen LogP contribution in [0.5, 0.6) is 17.2 Å². The van der Waals surface area contributed by atoms with Gasteiger partial charge in [0.05, 0.1) is 27.2 Å². The molecule has 0 saturated carbocycles. The van der Waals surface area contributed by atoms with Gasteiger partial charge in [0.15, 0.2) is 0 Å². The number of rotatable bonds is 11. The lowest BCUT2D eigenvalue weighted by atomic mass is 9.98. The Labute approximate surface area is 209 Å². The van der Waals surface area contributed by atoms with Gasteiger partial charge in [-0.25, -0.2) is 0 Å². The zero-order valence-electron chi connectivity index (χ0n) is 20.4. The molecule has 0 unspecified atom stereocenters. The maximum Gasteiger partial charge on any atom is 0.228 e. The molecule has 0 heterocycles. The summed E-state index contributed by atoms with van der Waals surface area (Å²) in [5.41, 5.74) is 1.63. The molecule has 0 bridgehead atoms. The van der Waals surface area contributed by atoms with Gasteiger partial charge in [0, 0.05) is 29.9 Å². The maximum atomic E-state index is 13.1. The van der Waals surface area contributed by atoms with Crippen LogP contribution in [0.2, 0.25) is 0 Å². The molecule has 3 amide bonds. The lowest BCUT2D eigenvalue weighted by Gasteiger charge is -2.17. The molecule has 0 spiro atoms. The zero-order chi connectivity index (χ0) is 25.9. The summed E-state index contributed by atoms with van der Waals surface area (Å²) in [6, 6.07) is 20.4. The first-order valence-corrected chi connectivity index (χ1v) is 11.2. The highest BCUT2D eigenvalue weighted by molar-refractivity contribution is 6.01. The Hall–Kier alpha value is -4.53. The van der Waals surface area contributed by atoms with Crippen LogP contribution in [0.3, 0.4) is 0 Å². The van der Waals surface area contributed by atoms with Gasteiger partial charge in [-0.1, -0.05) is 0 Å². The Morgan fingerprint density at radius 1 is 0.556 bits per heavy atom. The first-order valence-electron chi connectivity index (χ1n) is 11.2. The fourth-order valence-electron chi connectivity index (χ4n) is 3.40. The van der Waals surface area contributed by atoms with Crippen molar-refractivity contribution in [3.8, 4) is 17.2 Å². The minimum Gasteiger partial charge on any atom is -0.497 e. The minimum atomic E-state index is -0.913. The fourth-order valence-corrected chi connectivity index (χ4v) is 3.40. The average Bonchev–Trinajstić information content (AvgIpc) is 2.89. The van der Waals surface area contributed by atoms with E-state index < -0.39 is 23.6 Å². The summed E-state index contributed by atoms with van der Waals surface area (Å²) in [4.78, 5) is 38.6. The quantitative estimate of drug-likeness (QED) is 0.368. The highest BCUT2D eigenvalue weighted by Crippen LogP contribution is 2.21. The van der Waals surface area contributed by atoms with E-state index in [4.69, 9.17) is 14.2 Å². The van der Waals surface area contributed by atoms with Crippen molar-refractivity contribution in [2.45, 2.75) is 12.8 Å². The largest absolute Gasteiger partial charge is 0.497 e. The van der Waals surface area contributed by atoms with Crippen molar-refractivity contribution in [2.24, 2.45) is 5.92 Å². The summed E-state index contributed by atoms with van der Waals surface area (Å²) in [6.45, 7) is 0. The van der Waals surface area contributed by atoms with Crippen LogP contribution in [0, 0.1) is 5.92 Å². The molecule has 0 radical (unpaired) electrons. The Kier molecular flexibility index (Phi) is 9.27. The number of anilines is 3. The number of ether oxygens (including phenoxy) is 3. The Balaban J connectivity index is 1.69. The van der Waals surface area contributed by atoms with E-state index in [1.54, 1.807) is 94.1 Å². The van der Waals surface area contributed by atoms with Crippen LogP contribution in [0.4, 0.5) is 17.1 Å². The van der Waals surface area contributed by atoms with Gasteiger partial charge in [0.2, 0.25) is 17.7 Å². The summed E-state index contributed by atoms with van der Waals surface area (Å²) >= 11 is 0. The number of nitrogens with one attached hydrogen (secondary N) is 3.